The summed E-state index contributed by atoms with van der Waals surface area (Å²) in [7, 11) is 1.77. The lowest BCUT2D eigenvalue weighted by molar-refractivity contribution is 0.0713. The van der Waals surface area contributed by atoms with Crippen molar-refractivity contribution in [3.8, 4) is 0 Å². The van der Waals surface area contributed by atoms with Crippen molar-refractivity contribution in [2.24, 2.45) is 0 Å². The van der Waals surface area contributed by atoms with Crippen molar-refractivity contribution in [3.63, 3.8) is 0 Å². The summed E-state index contributed by atoms with van der Waals surface area (Å²) >= 11 is 2.45. The zero-order chi connectivity index (χ0) is 9.24. The molecule has 0 aromatic rings. The average molecular weight is 278 g/mol. The summed E-state index contributed by atoms with van der Waals surface area (Å²) < 4.78 is 5.74. The third kappa shape index (κ3) is 2.10. The molecule has 2 unspecified atom stereocenters. The molecule has 0 radical (unpaired) electrons. The molecule has 0 aliphatic heterocycles. The quantitative estimate of drug-likeness (QED) is 0.428. The van der Waals surface area contributed by atoms with Gasteiger partial charge in [-0.15, -0.1) is 0 Å². The smallest absolute Gasteiger partial charge is 0.106 e. The van der Waals surface area contributed by atoms with Gasteiger partial charge in [0.25, 0.3) is 0 Å². The van der Waals surface area contributed by atoms with Gasteiger partial charge in [-0.25, -0.2) is 0 Å². The van der Waals surface area contributed by atoms with Gasteiger partial charge in [0.1, 0.15) is 5.60 Å². The molecule has 0 aromatic carbocycles. The number of rotatable bonds is 2. The molecule has 68 valence electrons. The van der Waals surface area contributed by atoms with Crippen molar-refractivity contribution in [2.45, 2.75) is 29.3 Å². The highest BCUT2D eigenvalue weighted by Crippen LogP contribution is 2.40. The highest BCUT2D eigenvalue weighted by Gasteiger charge is 2.37. The van der Waals surface area contributed by atoms with E-state index in [0.29, 0.717) is 0 Å². The zero-order valence-corrected chi connectivity index (χ0v) is 9.96. The number of methoxy groups -OCH3 is 1. The molecular weight excluding hydrogens is 263 g/mol. The van der Waals surface area contributed by atoms with Crippen LogP contribution in [-0.2, 0) is 4.74 Å². The van der Waals surface area contributed by atoms with E-state index in [2.05, 4.69) is 47.7 Å². The highest BCUT2D eigenvalue weighted by molar-refractivity contribution is 14.1. The number of halogens is 1. The molecule has 0 N–H and O–H groups in total. The lowest BCUT2D eigenvalue weighted by Crippen LogP contribution is -2.27. The van der Waals surface area contributed by atoms with Gasteiger partial charge < -0.3 is 4.74 Å². The molecule has 0 bridgehead atoms. The van der Waals surface area contributed by atoms with E-state index in [4.69, 9.17) is 4.74 Å². The van der Waals surface area contributed by atoms with E-state index in [-0.39, 0.29) is 9.02 Å². The minimum Gasteiger partial charge on any atom is -0.370 e. The van der Waals surface area contributed by atoms with Gasteiger partial charge in [-0.2, -0.15) is 0 Å². The molecule has 12 heavy (non-hydrogen) atoms. The Balaban J connectivity index is 2.82. The molecule has 0 heterocycles. The van der Waals surface area contributed by atoms with Crippen molar-refractivity contribution < 1.29 is 4.74 Å². The molecule has 2 atom stereocenters. The Labute approximate surface area is 88.0 Å². The molecule has 0 aromatic heterocycles. The topological polar surface area (TPSA) is 9.23 Å². The van der Waals surface area contributed by atoms with Crippen LogP contribution >= 0.6 is 22.6 Å². The fraction of sp³-hybridized carbons (Fsp3) is 0.600. The van der Waals surface area contributed by atoms with Gasteiger partial charge in [0.05, 0.1) is 0 Å². The molecule has 1 aliphatic carbocycles. The Morgan fingerprint density at radius 2 is 2.17 bits per heavy atom. The third-order valence-corrected chi connectivity index (χ3v) is 2.90. The van der Waals surface area contributed by atoms with Crippen LogP contribution in [0.1, 0.15) is 20.3 Å². The largest absolute Gasteiger partial charge is 0.370 e. The van der Waals surface area contributed by atoms with Gasteiger partial charge in [-0.05, 0) is 13.8 Å². The van der Waals surface area contributed by atoms with Crippen LogP contribution in [0.4, 0.5) is 0 Å². The van der Waals surface area contributed by atoms with Crippen molar-refractivity contribution >= 4 is 22.6 Å². The number of alkyl halides is 1. The van der Waals surface area contributed by atoms with Crippen LogP contribution in [0.5, 0.6) is 0 Å². The molecular formula is C10H15IO. The number of hydrogen-bond acceptors (Lipinski definition) is 1. The van der Waals surface area contributed by atoms with E-state index in [1.807, 2.05) is 13.0 Å². The summed E-state index contributed by atoms with van der Waals surface area (Å²) in [6.07, 6.45) is 9.57. The van der Waals surface area contributed by atoms with Gasteiger partial charge >= 0.3 is 0 Å². The number of hydrogen-bond donors (Lipinski definition) is 0. The lowest BCUT2D eigenvalue weighted by atomic mass is 9.99. The maximum atomic E-state index is 5.50. The van der Waals surface area contributed by atoms with Gasteiger partial charge in [-0.1, -0.05) is 46.9 Å². The minimum atomic E-state index is -0.148. The minimum absolute atomic E-state index is 0.148. The highest BCUT2D eigenvalue weighted by atomic mass is 127. The fourth-order valence-corrected chi connectivity index (χ4v) is 2.35. The lowest BCUT2D eigenvalue weighted by Gasteiger charge is -2.25. The second kappa shape index (κ2) is 3.50. The van der Waals surface area contributed by atoms with Gasteiger partial charge in [0.2, 0.25) is 0 Å². The summed E-state index contributed by atoms with van der Waals surface area (Å²) in [5, 5.41) is 0. The van der Waals surface area contributed by atoms with Crippen molar-refractivity contribution in [2.75, 3.05) is 7.11 Å². The first kappa shape index (κ1) is 10.3. The second-order valence-corrected chi connectivity index (χ2v) is 5.91. The average Bonchev–Trinajstić information content (AvgIpc) is 2.29. The van der Waals surface area contributed by atoms with Gasteiger partial charge in [-0.3, -0.25) is 0 Å². The molecule has 1 rings (SSSR count). The van der Waals surface area contributed by atoms with E-state index in [0.717, 1.165) is 6.42 Å². The van der Waals surface area contributed by atoms with Crippen LogP contribution in [0.15, 0.2) is 24.3 Å². The van der Waals surface area contributed by atoms with Crippen LogP contribution < -0.4 is 0 Å². The first-order chi connectivity index (χ1) is 5.54. The van der Waals surface area contributed by atoms with E-state index in [9.17, 15) is 0 Å². The van der Waals surface area contributed by atoms with Crippen LogP contribution in [0, 0.1) is 0 Å². The number of ether oxygens (including phenoxy) is 1. The van der Waals surface area contributed by atoms with Crippen LogP contribution in [0.3, 0.4) is 0 Å². The van der Waals surface area contributed by atoms with Gasteiger partial charge in [0, 0.05) is 17.0 Å². The predicted octanol–water partition coefficient (Wildman–Crippen LogP) is 3.10. The number of allylic oxidation sites excluding steroid dienone is 2. The molecule has 0 saturated heterocycles. The molecule has 0 spiro atoms. The molecule has 0 saturated carbocycles. The summed E-state index contributed by atoms with van der Waals surface area (Å²) in [5.41, 5.74) is -0.148. The summed E-state index contributed by atoms with van der Waals surface area (Å²) in [5.74, 6) is 0. The first-order valence-electron chi connectivity index (χ1n) is 4.12. The van der Waals surface area contributed by atoms with E-state index < -0.39 is 0 Å². The Kier molecular flexibility index (Phi) is 2.99. The predicted molar refractivity (Wildman–Crippen MR) is 60.7 cm³/mol. The Bertz CT molecular complexity index is 218. The maximum absolute atomic E-state index is 5.50. The summed E-state index contributed by atoms with van der Waals surface area (Å²) in [6, 6.07) is 0. The Morgan fingerprint density at radius 1 is 1.50 bits per heavy atom. The zero-order valence-electron chi connectivity index (χ0n) is 7.80. The summed E-state index contributed by atoms with van der Waals surface area (Å²) in [4.78, 5) is 0. The van der Waals surface area contributed by atoms with E-state index in [1.54, 1.807) is 7.11 Å². The van der Waals surface area contributed by atoms with E-state index >= 15 is 0 Å². The van der Waals surface area contributed by atoms with Crippen molar-refractivity contribution in [3.05, 3.63) is 24.3 Å². The first-order valence-corrected chi connectivity index (χ1v) is 5.20. The molecule has 2 heteroatoms. The van der Waals surface area contributed by atoms with E-state index in [1.165, 1.54) is 0 Å². The Hall–Kier alpha value is 0.170. The van der Waals surface area contributed by atoms with Crippen LogP contribution in [0.2, 0.25) is 0 Å². The van der Waals surface area contributed by atoms with Crippen molar-refractivity contribution in [1.29, 1.82) is 0 Å². The van der Waals surface area contributed by atoms with Crippen molar-refractivity contribution in [1.82, 2.24) is 0 Å². The molecule has 0 amide bonds. The van der Waals surface area contributed by atoms with Crippen LogP contribution in [-0.4, -0.2) is 16.1 Å². The third-order valence-electron chi connectivity index (χ3n) is 2.16. The standard InChI is InChI=1S/C10H15IO/c1-4-5-10(12-3)7-6-9(2,11)8-10/h4-7H,8H2,1-3H3/b5-4-. The Morgan fingerprint density at radius 3 is 2.50 bits per heavy atom. The second-order valence-electron chi connectivity index (χ2n) is 3.45. The summed E-state index contributed by atoms with van der Waals surface area (Å²) in [6.45, 7) is 4.24. The van der Waals surface area contributed by atoms with Gasteiger partial charge in [0.15, 0.2) is 0 Å². The molecule has 1 nitrogen and oxygen atoms in total. The SMILES string of the molecule is C/C=C\C1(OC)C=CC(C)(I)C1. The fourth-order valence-electron chi connectivity index (χ4n) is 1.58. The normalized spacial score (nSPS) is 41.3. The monoisotopic (exact) mass is 278 g/mol. The molecule has 0 fully saturated rings. The van der Waals surface area contributed by atoms with Crippen LogP contribution in [0.25, 0.3) is 0 Å². The maximum Gasteiger partial charge on any atom is 0.106 e. The molecule has 1 aliphatic rings.